The van der Waals surface area contributed by atoms with Crippen LogP contribution in [0.5, 0.6) is 0 Å². The number of nitrogens with one attached hydrogen (secondary N) is 2. The highest BCUT2D eigenvalue weighted by atomic mass is 35.5. The van der Waals surface area contributed by atoms with E-state index in [-0.39, 0.29) is 30.3 Å². The van der Waals surface area contributed by atoms with Crippen LogP contribution in [0, 0.1) is 6.92 Å². The second-order valence-corrected chi connectivity index (χ2v) is 9.81. The van der Waals surface area contributed by atoms with Gasteiger partial charge in [-0.2, -0.15) is 0 Å². The highest BCUT2D eigenvalue weighted by molar-refractivity contribution is 6.08. The van der Waals surface area contributed by atoms with Crippen molar-refractivity contribution in [2.75, 3.05) is 19.6 Å². The van der Waals surface area contributed by atoms with Gasteiger partial charge in [0.25, 0.3) is 5.91 Å². The molecule has 2 aromatic carbocycles. The first-order chi connectivity index (χ1) is 16.2. The number of piperidine rings is 1. The number of aromatic nitrogens is 1. The van der Waals surface area contributed by atoms with Gasteiger partial charge in [-0.05, 0) is 63.3 Å². The van der Waals surface area contributed by atoms with Gasteiger partial charge in [0.2, 0.25) is 0 Å². The first-order valence-corrected chi connectivity index (χ1v) is 12.1. The number of carbonyl (C=O) groups excluding carboxylic acids is 2. The predicted octanol–water partition coefficient (Wildman–Crippen LogP) is 5.13. The molecular weight excluding hydrogens is 462 g/mol. The van der Waals surface area contributed by atoms with Crippen LogP contribution in [0.15, 0.2) is 48.5 Å². The molecule has 4 rings (SSSR count). The zero-order valence-corrected chi connectivity index (χ0v) is 21.8. The molecule has 188 valence electrons. The summed E-state index contributed by atoms with van der Waals surface area (Å²) in [6.07, 6.45) is 2.96. The normalized spacial score (nSPS) is 15.0. The number of esters is 1. The molecule has 0 saturated carbocycles. The van der Waals surface area contributed by atoms with E-state index in [9.17, 15) is 9.59 Å². The van der Waals surface area contributed by atoms with Crippen molar-refractivity contribution in [3.8, 4) is 0 Å². The van der Waals surface area contributed by atoms with E-state index in [1.807, 2.05) is 39.0 Å². The molecule has 7 heteroatoms. The van der Waals surface area contributed by atoms with Gasteiger partial charge >= 0.3 is 5.97 Å². The van der Waals surface area contributed by atoms with Crippen LogP contribution in [0.3, 0.4) is 0 Å². The Bertz CT molecular complexity index is 1160. The lowest BCUT2D eigenvalue weighted by Gasteiger charge is -2.32. The van der Waals surface area contributed by atoms with Gasteiger partial charge in [-0.25, -0.2) is 0 Å². The van der Waals surface area contributed by atoms with E-state index in [0.717, 1.165) is 61.1 Å². The van der Waals surface area contributed by atoms with Gasteiger partial charge < -0.3 is 19.9 Å². The molecule has 6 nitrogen and oxygen atoms in total. The molecule has 1 fully saturated rings. The Hall–Kier alpha value is -2.83. The van der Waals surface area contributed by atoms with Crippen molar-refractivity contribution in [2.45, 2.75) is 58.6 Å². The number of fused-ring (bicyclic) bond motifs is 1. The monoisotopic (exact) mass is 497 g/mol. The highest BCUT2D eigenvalue weighted by Gasteiger charge is 2.27. The van der Waals surface area contributed by atoms with Crippen molar-refractivity contribution in [1.82, 2.24) is 15.2 Å². The number of halogens is 1. The van der Waals surface area contributed by atoms with E-state index in [0.29, 0.717) is 5.56 Å². The highest BCUT2D eigenvalue weighted by Crippen LogP contribution is 2.31. The summed E-state index contributed by atoms with van der Waals surface area (Å²) < 4.78 is 5.51. The van der Waals surface area contributed by atoms with Gasteiger partial charge in [0.1, 0.15) is 5.60 Å². The molecule has 35 heavy (non-hydrogen) atoms. The number of nitrogens with zero attached hydrogens (tertiary/aromatic N) is 1. The summed E-state index contributed by atoms with van der Waals surface area (Å²) in [5.41, 5.74) is 3.86. The lowest BCUT2D eigenvalue weighted by molar-refractivity contribution is -0.154. The lowest BCUT2D eigenvalue weighted by atomic mass is 9.95. The smallest absolute Gasteiger partial charge is 0.303 e. The number of benzene rings is 2. The molecule has 2 heterocycles. The molecule has 3 aromatic rings. The predicted molar refractivity (Wildman–Crippen MR) is 142 cm³/mol. The Balaban J connectivity index is 0.00000342. The van der Waals surface area contributed by atoms with Gasteiger partial charge in [-0.3, -0.25) is 9.59 Å². The zero-order valence-electron chi connectivity index (χ0n) is 21.0. The number of carbonyl (C=O) groups is 2. The first-order valence-electron chi connectivity index (χ1n) is 12.1. The zero-order chi connectivity index (χ0) is 24.3. The number of rotatable bonds is 7. The van der Waals surface area contributed by atoms with Crippen LogP contribution in [0.25, 0.3) is 10.9 Å². The molecule has 0 atom stereocenters. The molecule has 1 aromatic heterocycles. The topological polar surface area (TPSA) is 74.4 Å². The number of hydrogen-bond acceptors (Lipinski definition) is 4. The Morgan fingerprint density at radius 2 is 1.80 bits per heavy atom. The number of ether oxygens (including phenoxy) is 1. The Kier molecular flexibility index (Phi) is 8.62. The molecule has 0 spiro atoms. The van der Waals surface area contributed by atoms with E-state index < -0.39 is 5.60 Å². The van der Waals surface area contributed by atoms with Crippen LogP contribution in [0.1, 0.15) is 60.8 Å². The number of H-pyrrole nitrogens is 1. The summed E-state index contributed by atoms with van der Waals surface area (Å²) in [5.74, 6) is -0.377. The van der Waals surface area contributed by atoms with Gasteiger partial charge in [0.05, 0.1) is 5.56 Å². The van der Waals surface area contributed by atoms with Crippen molar-refractivity contribution >= 4 is 35.2 Å². The molecule has 1 saturated heterocycles. The summed E-state index contributed by atoms with van der Waals surface area (Å²) in [5, 5.41) is 4.12. The standard InChI is InChI=1S/C28H35N3O3.ClH/c1-19-26(24-18-22(10-11-25(24)29-19)28(3,4)34-20(2)32)27(33)30-23-13-16-31(17-14-23)15-12-21-8-6-5-7-9-21;/h5-11,18,23,29H,12-17H2,1-4H3,(H,30,33);1H. The molecule has 1 aliphatic rings. The third-order valence-corrected chi connectivity index (χ3v) is 6.79. The summed E-state index contributed by atoms with van der Waals surface area (Å²) in [6.45, 7) is 10.1. The lowest BCUT2D eigenvalue weighted by Crippen LogP contribution is -2.45. The first kappa shape index (κ1) is 26.8. The van der Waals surface area contributed by atoms with Crippen molar-refractivity contribution < 1.29 is 14.3 Å². The van der Waals surface area contributed by atoms with E-state index >= 15 is 0 Å². The fourth-order valence-corrected chi connectivity index (χ4v) is 4.90. The Labute approximate surface area is 213 Å². The van der Waals surface area contributed by atoms with Crippen molar-refractivity contribution in [3.05, 3.63) is 70.9 Å². The van der Waals surface area contributed by atoms with Crippen molar-refractivity contribution in [3.63, 3.8) is 0 Å². The van der Waals surface area contributed by atoms with E-state index in [1.54, 1.807) is 0 Å². The summed E-state index contributed by atoms with van der Waals surface area (Å²) >= 11 is 0. The minimum Gasteiger partial charge on any atom is -0.455 e. The number of amides is 1. The Morgan fingerprint density at radius 1 is 1.11 bits per heavy atom. The van der Waals surface area contributed by atoms with Crippen molar-refractivity contribution in [1.29, 1.82) is 0 Å². The second kappa shape index (κ2) is 11.3. The van der Waals surface area contributed by atoms with E-state index in [4.69, 9.17) is 4.74 Å². The molecule has 0 bridgehead atoms. The van der Waals surface area contributed by atoms with Crippen LogP contribution in [0.2, 0.25) is 0 Å². The number of likely N-dealkylation sites (tertiary alicyclic amines) is 1. The van der Waals surface area contributed by atoms with Crippen molar-refractivity contribution in [2.24, 2.45) is 0 Å². The molecule has 0 aliphatic carbocycles. The fourth-order valence-electron chi connectivity index (χ4n) is 4.90. The number of aromatic amines is 1. The third kappa shape index (κ3) is 6.44. The minimum atomic E-state index is -0.772. The van der Waals surface area contributed by atoms with Gasteiger partial charge in [-0.15, -0.1) is 12.4 Å². The molecule has 0 radical (unpaired) electrons. The van der Waals surface area contributed by atoms with Crippen LogP contribution in [0.4, 0.5) is 0 Å². The summed E-state index contributed by atoms with van der Waals surface area (Å²) in [4.78, 5) is 30.7. The molecule has 0 unspecified atom stereocenters. The number of aryl methyl sites for hydroxylation is 1. The van der Waals surface area contributed by atoms with Crippen LogP contribution >= 0.6 is 12.4 Å². The van der Waals surface area contributed by atoms with E-state index in [2.05, 4.69) is 45.5 Å². The van der Waals surface area contributed by atoms with E-state index in [1.165, 1.54) is 12.5 Å². The number of hydrogen-bond donors (Lipinski definition) is 2. The average molecular weight is 498 g/mol. The summed E-state index contributed by atoms with van der Waals surface area (Å²) in [7, 11) is 0. The fraction of sp³-hybridized carbons (Fsp3) is 0.429. The molecule has 2 N–H and O–H groups in total. The maximum absolute atomic E-state index is 13.3. The molecule has 1 aliphatic heterocycles. The van der Waals surface area contributed by atoms with Crippen LogP contribution in [-0.2, 0) is 21.6 Å². The maximum Gasteiger partial charge on any atom is 0.303 e. The SMILES string of the molecule is CC(=O)OC(C)(C)c1ccc2[nH]c(C)c(C(=O)NC3CCN(CCc4ccccc4)CC3)c2c1.Cl. The van der Waals surface area contributed by atoms with Gasteiger partial charge in [-0.1, -0.05) is 36.4 Å². The van der Waals surface area contributed by atoms with Crippen LogP contribution in [-0.4, -0.2) is 47.4 Å². The second-order valence-electron chi connectivity index (χ2n) is 9.81. The molecule has 1 amide bonds. The van der Waals surface area contributed by atoms with Gasteiger partial charge in [0, 0.05) is 49.2 Å². The quantitative estimate of drug-likeness (QED) is 0.443. The average Bonchev–Trinajstić information content (AvgIpc) is 3.13. The summed E-state index contributed by atoms with van der Waals surface area (Å²) in [6, 6.07) is 16.6. The minimum absolute atomic E-state index is 0. The Morgan fingerprint density at radius 3 is 2.46 bits per heavy atom. The van der Waals surface area contributed by atoms with Crippen LogP contribution < -0.4 is 5.32 Å². The van der Waals surface area contributed by atoms with Gasteiger partial charge in [0.15, 0.2) is 0 Å². The molecular formula is C28H36ClN3O3. The third-order valence-electron chi connectivity index (χ3n) is 6.79. The largest absolute Gasteiger partial charge is 0.455 e. The maximum atomic E-state index is 13.3.